The maximum Gasteiger partial charge on any atom is 0.266 e. The number of amides is 1. The van der Waals surface area contributed by atoms with E-state index in [1.165, 1.54) is 27.4 Å². The molecule has 1 amide bonds. The van der Waals surface area contributed by atoms with E-state index in [2.05, 4.69) is 37.2 Å². The maximum atomic E-state index is 12.5. The van der Waals surface area contributed by atoms with Gasteiger partial charge in [-0.15, -0.1) is 0 Å². The predicted molar refractivity (Wildman–Crippen MR) is 110 cm³/mol. The van der Waals surface area contributed by atoms with Crippen LogP contribution < -0.4 is 19.5 Å². The molecule has 0 atom stereocenters. The van der Waals surface area contributed by atoms with Gasteiger partial charge in [-0.3, -0.25) is 4.79 Å². The minimum atomic E-state index is -0.553. The summed E-state index contributed by atoms with van der Waals surface area (Å²) < 4.78 is 17.2. The number of hydrogen-bond acceptors (Lipinski definition) is 5. The molecule has 0 saturated heterocycles. The molecule has 2 aromatic rings. The molecule has 0 aliphatic heterocycles. The van der Waals surface area contributed by atoms with E-state index < -0.39 is 5.91 Å². The van der Waals surface area contributed by atoms with Crippen molar-refractivity contribution in [2.24, 2.45) is 0 Å². The molecule has 0 saturated carbocycles. The van der Waals surface area contributed by atoms with Crippen molar-refractivity contribution in [3.05, 3.63) is 50.4 Å². The standard InChI is InChI=1S/C19H16Br2N2O4/c1-25-16-5-4-14(9-17(16)26-2)23-19(24)12(10-22)6-11-7-13(20)8-15(21)18(11)27-3/h4-9H,1-3H3,(H,23,24)/b12-6+. The highest BCUT2D eigenvalue weighted by Gasteiger charge is 2.14. The number of methoxy groups -OCH3 is 3. The number of hydrogen-bond donors (Lipinski definition) is 1. The van der Waals surface area contributed by atoms with Gasteiger partial charge < -0.3 is 19.5 Å². The van der Waals surface area contributed by atoms with Gasteiger partial charge in [0, 0.05) is 21.8 Å². The fourth-order valence-electron chi connectivity index (χ4n) is 2.32. The van der Waals surface area contributed by atoms with Crippen LogP contribution in [0.25, 0.3) is 6.08 Å². The molecular formula is C19H16Br2N2O4. The van der Waals surface area contributed by atoms with E-state index in [1.807, 2.05) is 12.1 Å². The molecule has 0 radical (unpaired) electrons. The molecule has 0 spiro atoms. The van der Waals surface area contributed by atoms with Crippen LogP contribution in [0.15, 0.2) is 44.9 Å². The Hall–Kier alpha value is -2.50. The highest BCUT2D eigenvalue weighted by molar-refractivity contribution is 9.11. The molecule has 2 aromatic carbocycles. The number of ether oxygens (including phenoxy) is 3. The Kier molecular flexibility index (Phi) is 7.28. The summed E-state index contributed by atoms with van der Waals surface area (Å²) in [5, 5.41) is 12.1. The van der Waals surface area contributed by atoms with Crippen molar-refractivity contribution in [3.63, 3.8) is 0 Å². The quantitative estimate of drug-likeness (QED) is 0.460. The molecule has 0 heterocycles. The molecule has 0 unspecified atom stereocenters. The first-order valence-corrected chi connectivity index (χ1v) is 9.20. The summed E-state index contributed by atoms with van der Waals surface area (Å²) in [5.41, 5.74) is 0.979. The van der Waals surface area contributed by atoms with Crippen LogP contribution in [0.1, 0.15) is 5.56 Å². The number of nitriles is 1. The van der Waals surface area contributed by atoms with Crippen molar-refractivity contribution in [3.8, 4) is 23.3 Å². The fourth-order valence-corrected chi connectivity index (χ4v) is 3.74. The lowest BCUT2D eigenvalue weighted by atomic mass is 10.1. The molecule has 1 N–H and O–H groups in total. The van der Waals surface area contributed by atoms with Gasteiger partial charge in [-0.05, 0) is 46.3 Å². The topological polar surface area (TPSA) is 80.6 Å². The first-order valence-electron chi connectivity index (χ1n) is 7.61. The number of anilines is 1. The number of nitrogens with zero attached hydrogens (tertiary/aromatic N) is 1. The number of halogens is 2. The maximum absolute atomic E-state index is 12.5. The number of carbonyl (C=O) groups excluding carboxylic acids is 1. The minimum absolute atomic E-state index is 0.0758. The zero-order chi connectivity index (χ0) is 20.0. The van der Waals surface area contributed by atoms with Gasteiger partial charge in [0.2, 0.25) is 0 Å². The molecule has 0 aromatic heterocycles. The number of nitrogens with one attached hydrogen (secondary N) is 1. The SMILES string of the molecule is COc1ccc(NC(=O)/C(C#N)=C/c2cc(Br)cc(Br)c2OC)cc1OC. The lowest BCUT2D eigenvalue weighted by Gasteiger charge is -2.11. The van der Waals surface area contributed by atoms with Gasteiger partial charge in [-0.1, -0.05) is 15.9 Å². The van der Waals surface area contributed by atoms with E-state index in [0.29, 0.717) is 33.0 Å². The zero-order valence-corrected chi connectivity index (χ0v) is 18.0. The van der Waals surface area contributed by atoms with E-state index in [1.54, 1.807) is 24.3 Å². The number of rotatable bonds is 6. The third-order valence-electron chi connectivity index (χ3n) is 3.55. The van der Waals surface area contributed by atoms with Crippen molar-refractivity contribution in [1.82, 2.24) is 0 Å². The van der Waals surface area contributed by atoms with Crippen molar-refractivity contribution < 1.29 is 19.0 Å². The van der Waals surface area contributed by atoms with Crippen LogP contribution in [0.3, 0.4) is 0 Å². The first-order chi connectivity index (χ1) is 12.9. The third kappa shape index (κ3) is 5.02. The summed E-state index contributed by atoms with van der Waals surface area (Å²) in [7, 11) is 4.54. The van der Waals surface area contributed by atoms with Gasteiger partial charge in [0.25, 0.3) is 5.91 Å². The van der Waals surface area contributed by atoms with Gasteiger partial charge in [0.05, 0.1) is 25.8 Å². The number of carbonyl (C=O) groups is 1. The summed E-state index contributed by atoms with van der Waals surface area (Å²) in [5.74, 6) is 0.971. The Morgan fingerprint density at radius 2 is 1.78 bits per heavy atom. The van der Waals surface area contributed by atoms with E-state index in [0.717, 1.165) is 4.47 Å². The van der Waals surface area contributed by atoms with Crippen LogP contribution in [-0.2, 0) is 4.79 Å². The predicted octanol–water partition coefficient (Wildman–Crippen LogP) is 4.78. The van der Waals surface area contributed by atoms with Crippen molar-refractivity contribution >= 4 is 49.5 Å². The largest absolute Gasteiger partial charge is 0.495 e. The molecule has 6 nitrogen and oxygen atoms in total. The van der Waals surface area contributed by atoms with Gasteiger partial charge in [-0.25, -0.2) is 0 Å². The van der Waals surface area contributed by atoms with Crippen molar-refractivity contribution in [2.75, 3.05) is 26.6 Å². The Labute approximate surface area is 174 Å². The lowest BCUT2D eigenvalue weighted by molar-refractivity contribution is -0.112. The summed E-state index contributed by atoms with van der Waals surface area (Å²) >= 11 is 6.78. The monoisotopic (exact) mass is 494 g/mol. The van der Waals surface area contributed by atoms with Gasteiger partial charge in [-0.2, -0.15) is 5.26 Å². The zero-order valence-electron chi connectivity index (χ0n) is 14.8. The molecule has 8 heteroatoms. The molecular weight excluding hydrogens is 480 g/mol. The second-order valence-corrected chi connectivity index (χ2v) is 6.97. The van der Waals surface area contributed by atoms with E-state index in [9.17, 15) is 10.1 Å². The van der Waals surface area contributed by atoms with Gasteiger partial charge >= 0.3 is 0 Å². The Bertz CT molecular complexity index is 936. The Morgan fingerprint density at radius 3 is 2.37 bits per heavy atom. The third-order valence-corrected chi connectivity index (χ3v) is 4.59. The highest BCUT2D eigenvalue weighted by atomic mass is 79.9. The normalized spacial score (nSPS) is 10.7. The van der Waals surface area contributed by atoms with Crippen LogP contribution >= 0.6 is 31.9 Å². The first kappa shape index (κ1) is 20.8. The summed E-state index contributed by atoms with van der Waals surface area (Å²) in [6.07, 6.45) is 1.46. The Balaban J connectivity index is 2.35. The molecule has 0 aliphatic carbocycles. The lowest BCUT2D eigenvalue weighted by Crippen LogP contribution is -2.13. The molecule has 140 valence electrons. The van der Waals surface area contributed by atoms with Crippen LogP contribution in [0, 0.1) is 11.3 Å². The average Bonchev–Trinajstić information content (AvgIpc) is 2.65. The summed E-state index contributed by atoms with van der Waals surface area (Å²) in [6, 6.07) is 10.4. The molecule has 0 bridgehead atoms. The van der Waals surface area contributed by atoms with Crippen molar-refractivity contribution in [1.29, 1.82) is 5.26 Å². The van der Waals surface area contributed by atoms with Gasteiger partial charge in [0.1, 0.15) is 17.4 Å². The molecule has 0 aliphatic rings. The second-order valence-electron chi connectivity index (χ2n) is 5.20. The number of benzene rings is 2. The summed E-state index contributed by atoms with van der Waals surface area (Å²) in [6.45, 7) is 0. The molecule has 0 fully saturated rings. The van der Waals surface area contributed by atoms with E-state index in [4.69, 9.17) is 14.2 Å². The van der Waals surface area contributed by atoms with Crippen LogP contribution in [0.2, 0.25) is 0 Å². The second kappa shape index (κ2) is 9.44. The Morgan fingerprint density at radius 1 is 1.07 bits per heavy atom. The smallest absolute Gasteiger partial charge is 0.266 e. The summed E-state index contributed by atoms with van der Waals surface area (Å²) in [4.78, 5) is 12.5. The van der Waals surface area contributed by atoms with E-state index >= 15 is 0 Å². The van der Waals surface area contributed by atoms with Crippen LogP contribution in [0.5, 0.6) is 17.2 Å². The van der Waals surface area contributed by atoms with E-state index in [-0.39, 0.29) is 5.57 Å². The van der Waals surface area contributed by atoms with Gasteiger partial charge in [0.15, 0.2) is 11.5 Å². The molecule has 27 heavy (non-hydrogen) atoms. The highest BCUT2D eigenvalue weighted by Crippen LogP contribution is 2.34. The molecule has 2 rings (SSSR count). The van der Waals surface area contributed by atoms with Crippen LogP contribution in [-0.4, -0.2) is 27.2 Å². The van der Waals surface area contributed by atoms with Crippen LogP contribution in [0.4, 0.5) is 5.69 Å². The average molecular weight is 496 g/mol. The van der Waals surface area contributed by atoms with Crippen molar-refractivity contribution in [2.45, 2.75) is 0 Å². The minimum Gasteiger partial charge on any atom is -0.495 e. The fraction of sp³-hybridized carbons (Fsp3) is 0.158.